The second kappa shape index (κ2) is 9.20. The summed E-state index contributed by atoms with van der Waals surface area (Å²) in [5, 5.41) is 0. The first-order valence-electron chi connectivity index (χ1n) is 7.77. The van der Waals surface area contributed by atoms with E-state index in [1.54, 1.807) is 11.0 Å². The number of rotatable bonds is 7. The van der Waals surface area contributed by atoms with Crippen molar-refractivity contribution in [1.82, 2.24) is 4.90 Å². The van der Waals surface area contributed by atoms with Crippen LogP contribution in [0.2, 0.25) is 0 Å². The van der Waals surface area contributed by atoms with E-state index in [0.717, 1.165) is 19.3 Å². The smallest absolute Gasteiger partial charge is 0.260 e. The molecule has 0 radical (unpaired) electrons. The molecule has 0 aliphatic carbocycles. The zero-order valence-electron chi connectivity index (χ0n) is 13.0. The molecule has 0 spiro atoms. The highest BCUT2D eigenvalue weighted by Crippen LogP contribution is 2.21. The van der Waals surface area contributed by atoms with E-state index in [0.29, 0.717) is 30.7 Å². The fraction of sp³-hybridized carbons (Fsp3) is 0.562. The number of carbonyl (C=O) groups excluding carboxylic acids is 1. The first-order chi connectivity index (χ1) is 11.1. The Balaban J connectivity index is 1.72. The minimum absolute atomic E-state index is 0.0848. The van der Waals surface area contributed by atoms with Crippen molar-refractivity contribution < 1.29 is 18.7 Å². The van der Waals surface area contributed by atoms with Gasteiger partial charge in [-0.3, -0.25) is 4.79 Å². The highest BCUT2D eigenvalue weighted by Gasteiger charge is 2.23. The summed E-state index contributed by atoms with van der Waals surface area (Å²) in [6.07, 6.45) is 2.66. The molecule has 1 aliphatic rings. The van der Waals surface area contributed by atoms with Crippen LogP contribution in [0.25, 0.3) is 0 Å². The molecule has 0 unspecified atom stereocenters. The predicted octanol–water partition coefficient (Wildman–Crippen LogP) is 2.32. The summed E-state index contributed by atoms with van der Waals surface area (Å²) in [4.78, 5) is 13.9. The first kappa shape index (κ1) is 18.2. The molecule has 1 amide bonds. The van der Waals surface area contributed by atoms with Crippen LogP contribution in [0.15, 0.2) is 22.7 Å². The predicted molar refractivity (Wildman–Crippen MR) is 88.8 cm³/mol. The molecule has 5 nitrogen and oxygen atoms in total. The molecule has 1 saturated heterocycles. The van der Waals surface area contributed by atoms with Crippen molar-refractivity contribution in [3.63, 3.8) is 0 Å². The maximum absolute atomic E-state index is 13.6. The minimum Gasteiger partial charge on any atom is -0.481 e. The second-order valence-electron chi connectivity index (χ2n) is 5.46. The van der Waals surface area contributed by atoms with Crippen LogP contribution in [0.5, 0.6) is 5.75 Å². The van der Waals surface area contributed by atoms with Crippen LogP contribution in [0.1, 0.15) is 19.3 Å². The van der Waals surface area contributed by atoms with Gasteiger partial charge < -0.3 is 20.1 Å². The van der Waals surface area contributed by atoms with E-state index in [9.17, 15) is 9.18 Å². The molecule has 0 atom stereocenters. The summed E-state index contributed by atoms with van der Waals surface area (Å²) in [6, 6.07) is 4.49. The fourth-order valence-electron chi connectivity index (χ4n) is 2.43. The van der Waals surface area contributed by atoms with Gasteiger partial charge in [0, 0.05) is 24.2 Å². The van der Waals surface area contributed by atoms with Crippen molar-refractivity contribution in [3.8, 4) is 5.75 Å². The molecule has 0 aromatic heterocycles. The van der Waals surface area contributed by atoms with Crippen LogP contribution >= 0.6 is 15.9 Å². The second-order valence-corrected chi connectivity index (χ2v) is 6.37. The molecule has 23 heavy (non-hydrogen) atoms. The molecule has 7 heteroatoms. The molecular formula is C16H22BrFN2O3. The van der Waals surface area contributed by atoms with Crippen molar-refractivity contribution in [2.45, 2.75) is 25.4 Å². The van der Waals surface area contributed by atoms with Crippen molar-refractivity contribution >= 4 is 21.8 Å². The molecule has 1 aromatic rings. The van der Waals surface area contributed by atoms with Gasteiger partial charge in [0.2, 0.25) is 0 Å². The van der Waals surface area contributed by atoms with Crippen molar-refractivity contribution in [2.75, 3.05) is 32.8 Å². The number of benzene rings is 1. The van der Waals surface area contributed by atoms with Gasteiger partial charge in [-0.1, -0.05) is 15.9 Å². The van der Waals surface area contributed by atoms with Crippen LogP contribution in [0, 0.1) is 5.82 Å². The van der Waals surface area contributed by atoms with Gasteiger partial charge in [-0.15, -0.1) is 0 Å². The van der Waals surface area contributed by atoms with Gasteiger partial charge in [0.05, 0.1) is 6.10 Å². The summed E-state index contributed by atoms with van der Waals surface area (Å²) < 4.78 is 25.3. The quantitative estimate of drug-likeness (QED) is 0.727. The number of halogens is 2. The molecule has 1 aliphatic heterocycles. The maximum atomic E-state index is 13.6. The SMILES string of the molecule is NCCCOC1CCN(C(=O)COc2ccc(Br)cc2F)CC1. The number of amides is 1. The zero-order chi connectivity index (χ0) is 16.7. The zero-order valence-corrected chi connectivity index (χ0v) is 14.6. The number of likely N-dealkylation sites (tertiary alicyclic amines) is 1. The highest BCUT2D eigenvalue weighted by molar-refractivity contribution is 9.10. The summed E-state index contributed by atoms with van der Waals surface area (Å²) >= 11 is 3.18. The van der Waals surface area contributed by atoms with E-state index in [1.807, 2.05) is 0 Å². The Bertz CT molecular complexity index is 522. The van der Waals surface area contributed by atoms with Gasteiger partial charge in [-0.2, -0.15) is 0 Å². The minimum atomic E-state index is -0.487. The van der Waals surface area contributed by atoms with Crippen LogP contribution < -0.4 is 10.5 Å². The number of ether oxygens (including phenoxy) is 2. The summed E-state index contributed by atoms with van der Waals surface area (Å²) in [5.74, 6) is -0.534. The van der Waals surface area contributed by atoms with Crippen LogP contribution in [0.4, 0.5) is 4.39 Å². The van der Waals surface area contributed by atoms with E-state index in [4.69, 9.17) is 15.2 Å². The lowest BCUT2D eigenvalue weighted by Crippen LogP contribution is -2.43. The average Bonchev–Trinajstić information content (AvgIpc) is 2.55. The molecule has 1 aromatic carbocycles. The Morgan fingerprint density at radius 3 is 2.78 bits per heavy atom. The number of piperidine rings is 1. The van der Waals surface area contributed by atoms with Gasteiger partial charge in [-0.25, -0.2) is 4.39 Å². The first-order valence-corrected chi connectivity index (χ1v) is 8.56. The van der Waals surface area contributed by atoms with Crippen LogP contribution in [0.3, 0.4) is 0 Å². The molecule has 128 valence electrons. The standard InChI is InChI=1S/C16H22BrFN2O3/c17-12-2-3-15(14(18)10-12)23-11-16(21)20-7-4-13(5-8-20)22-9-1-6-19/h2-3,10,13H,1,4-9,11,19H2. The van der Waals surface area contributed by atoms with Gasteiger partial charge in [0.25, 0.3) is 5.91 Å². The lowest BCUT2D eigenvalue weighted by atomic mass is 10.1. The summed E-state index contributed by atoms with van der Waals surface area (Å²) in [6.45, 7) is 2.41. The lowest BCUT2D eigenvalue weighted by molar-refractivity contribution is -0.136. The molecule has 0 bridgehead atoms. The molecule has 0 saturated carbocycles. The Hall–Kier alpha value is -1.18. The van der Waals surface area contributed by atoms with Crippen LogP contribution in [-0.4, -0.2) is 49.8 Å². The third-order valence-corrected chi connectivity index (χ3v) is 4.24. The van der Waals surface area contributed by atoms with E-state index < -0.39 is 5.82 Å². The Morgan fingerprint density at radius 2 is 2.13 bits per heavy atom. The maximum Gasteiger partial charge on any atom is 0.260 e. The molecule has 2 rings (SSSR count). The fourth-order valence-corrected chi connectivity index (χ4v) is 2.76. The average molecular weight is 389 g/mol. The Labute approximate surface area is 144 Å². The monoisotopic (exact) mass is 388 g/mol. The number of hydrogen-bond acceptors (Lipinski definition) is 4. The van der Waals surface area contributed by atoms with Crippen molar-refractivity contribution in [2.24, 2.45) is 5.73 Å². The Morgan fingerprint density at radius 1 is 1.39 bits per heavy atom. The molecule has 1 fully saturated rings. The van der Waals surface area contributed by atoms with Gasteiger partial charge in [0.15, 0.2) is 18.2 Å². The largest absolute Gasteiger partial charge is 0.481 e. The lowest BCUT2D eigenvalue weighted by Gasteiger charge is -2.31. The molecular weight excluding hydrogens is 367 g/mol. The van der Waals surface area contributed by atoms with Crippen molar-refractivity contribution in [3.05, 3.63) is 28.5 Å². The van der Waals surface area contributed by atoms with E-state index >= 15 is 0 Å². The van der Waals surface area contributed by atoms with Gasteiger partial charge >= 0.3 is 0 Å². The van der Waals surface area contributed by atoms with E-state index in [2.05, 4.69) is 15.9 Å². The van der Waals surface area contributed by atoms with Crippen LogP contribution in [-0.2, 0) is 9.53 Å². The number of carbonyl (C=O) groups is 1. The number of nitrogens with two attached hydrogens (primary N) is 1. The van der Waals surface area contributed by atoms with Gasteiger partial charge in [0.1, 0.15) is 0 Å². The molecule has 2 N–H and O–H groups in total. The molecule has 1 heterocycles. The topological polar surface area (TPSA) is 64.8 Å². The van der Waals surface area contributed by atoms with Gasteiger partial charge in [-0.05, 0) is 44.0 Å². The summed E-state index contributed by atoms with van der Waals surface area (Å²) in [7, 11) is 0. The number of nitrogens with zero attached hydrogens (tertiary/aromatic N) is 1. The number of hydrogen-bond donors (Lipinski definition) is 1. The highest BCUT2D eigenvalue weighted by atomic mass is 79.9. The van der Waals surface area contributed by atoms with Crippen molar-refractivity contribution in [1.29, 1.82) is 0 Å². The summed E-state index contributed by atoms with van der Waals surface area (Å²) in [5.41, 5.74) is 5.43. The van der Waals surface area contributed by atoms with E-state index in [-0.39, 0.29) is 24.4 Å². The third kappa shape index (κ3) is 5.75. The Kier molecular flexibility index (Phi) is 7.26. The third-order valence-electron chi connectivity index (χ3n) is 3.74. The van der Waals surface area contributed by atoms with E-state index in [1.165, 1.54) is 12.1 Å². The normalized spacial score (nSPS) is 15.7.